The standard InChI is InChI=1S/C27H28O9/c1-11-8-15-19(17(9-11)33-4)14-10-18(34-5)21-16(28)7-6-13(20(21)22(14)36-26(15)31)23-25(30)27(3,32)24(29)12(2)35-23/h6-10,12,23-25,28-30,32H,1-5H3/t12-,23+,24+,25?,27-/m1/s1. The Labute approximate surface area is 206 Å². The summed E-state index contributed by atoms with van der Waals surface area (Å²) in [4.78, 5) is 13.2. The Hall–Kier alpha value is -3.37. The second-order valence-electron chi connectivity index (χ2n) is 9.54. The number of benzene rings is 3. The first-order chi connectivity index (χ1) is 17.0. The number of methoxy groups -OCH3 is 2. The Morgan fingerprint density at radius 1 is 0.944 bits per heavy atom. The molecule has 0 saturated carbocycles. The highest BCUT2D eigenvalue weighted by Crippen LogP contribution is 2.48. The lowest BCUT2D eigenvalue weighted by atomic mass is 9.80. The molecular formula is C27H28O9. The first kappa shape index (κ1) is 24.3. The number of hydrogen-bond donors (Lipinski definition) is 4. The van der Waals surface area contributed by atoms with Gasteiger partial charge in [0.25, 0.3) is 0 Å². The number of phenols is 1. The van der Waals surface area contributed by atoms with Gasteiger partial charge in [-0.2, -0.15) is 0 Å². The van der Waals surface area contributed by atoms with Gasteiger partial charge in [0, 0.05) is 16.2 Å². The molecule has 0 amide bonds. The summed E-state index contributed by atoms with van der Waals surface area (Å²) >= 11 is 0. The Kier molecular flexibility index (Phi) is 5.64. The first-order valence-corrected chi connectivity index (χ1v) is 11.5. The van der Waals surface area contributed by atoms with Crippen molar-refractivity contribution in [1.82, 2.24) is 0 Å². The molecule has 0 spiro atoms. The molecule has 1 saturated heterocycles. The number of phenolic OH excluding ortho intramolecular Hbond substituents is 1. The molecule has 5 rings (SSSR count). The molecule has 1 fully saturated rings. The third-order valence-corrected chi connectivity index (χ3v) is 7.18. The lowest BCUT2D eigenvalue weighted by Crippen LogP contribution is -2.61. The largest absolute Gasteiger partial charge is 0.507 e. The monoisotopic (exact) mass is 496 g/mol. The number of ether oxygens (including phenoxy) is 3. The van der Waals surface area contributed by atoms with Gasteiger partial charge in [-0.15, -0.1) is 0 Å². The van der Waals surface area contributed by atoms with E-state index in [-0.39, 0.29) is 22.1 Å². The zero-order chi connectivity index (χ0) is 26.1. The average Bonchev–Trinajstić information content (AvgIpc) is 2.85. The van der Waals surface area contributed by atoms with Gasteiger partial charge in [0.05, 0.1) is 31.1 Å². The SMILES string of the molecule is COc1cc2c(oc(=O)c3cc(C)cc(OC)c32)c2c([C@@H]3O[C@H](C)[C@H](O)[C@@](C)(O)C3O)ccc(O)c12. The predicted octanol–water partition coefficient (Wildman–Crippen LogP) is 3.06. The fourth-order valence-electron chi connectivity index (χ4n) is 5.28. The molecule has 1 aromatic heterocycles. The first-order valence-electron chi connectivity index (χ1n) is 11.5. The molecule has 36 heavy (non-hydrogen) atoms. The van der Waals surface area contributed by atoms with Crippen molar-refractivity contribution in [2.75, 3.05) is 14.2 Å². The maximum atomic E-state index is 13.2. The van der Waals surface area contributed by atoms with Crippen molar-refractivity contribution in [2.24, 2.45) is 0 Å². The second kappa shape index (κ2) is 8.35. The molecule has 0 radical (unpaired) electrons. The lowest BCUT2D eigenvalue weighted by Gasteiger charge is -2.46. The van der Waals surface area contributed by atoms with E-state index in [1.54, 1.807) is 25.1 Å². The van der Waals surface area contributed by atoms with Crippen molar-refractivity contribution in [3.05, 3.63) is 51.9 Å². The highest BCUT2D eigenvalue weighted by Gasteiger charge is 2.51. The summed E-state index contributed by atoms with van der Waals surface area (Å²) in [6.07, 6.45) is -4.84. The van der Waals surface area contributed by atoms with Crippen molar-refractivity contribution in [3.8, 4) is 17.2 Å². The van der Waals surface area contributed by atoms with E-state index in [9.17, 15) is 25.2 Å². The van der Waals surface area contributed by atoms with Crippen molar-refractivity contribution >= 4 is 32.5 Å². The number of aliphatic hydroxyl groups is 3. The molecule has 1 aliphatic rings. The van der Waals surface area contributed by atoms with Crippen molar-refractivity contribution in [2.45, 2.75) is 50.8 Å². The van der Waals surface area contributed by atoms with Gasteiger partial charge in [-0.3, -0.25) is 0 Å². The van der Waals surface area contributed by atoms with E-state index >= 15 is 0 Å². The second-order valence-corrected chi connectivity index (χ2v) is 9.54. The highest BCUT2D eigenvalue weighted by molar-refractivity contribution is 6.19. The maximum Gasteiger partial charge on any atom is 0.344 e. The topological polar surface area (TPSA) is 139 Å². The molecule has 5 atom stereocenters. The van der Waals surface area contributed by atoms with Crippen molar-refractivity contribution in [1.29, 1.82) is 0 Å². The van der Waals surface area contributed by atoms with Crippen LogP contribution < -0.4 is 15.1 Å². The minimum atomic E-state index is -1.89. The zero-order valence-corrected chi connectivity index (χ0v) is 20.5. The van der Waals surface area contributed by atoms with Gasteiger partial charge in [0.15, 0.2) is 0 Å². The molecule has 3 aromatic carbocycles. The Balaban J connectivity index is 1.97. The molecular weight excluding hydrogens is 468 g/mol. The summed E-state index contributed by atoms with van der Waals surface area (Å²) < 4.78 is 23.0. The fourth-order valence-corrected chi connectivity index (χ4v) is 5.28. The van der Waals surface area contributed by atoms with Gasteiger partial charge >= 0.3 is 5.63 Å². The molecule has 0 aliphatic carbocycles. The third-order valence-electron chi connectivity index (χ3n) is 7.18. The molecule has 4 N–H and O–H groups in total. The molecule has 2 heterocycles. The zero-order valence-electron chi connectivity index (χ0n) is 20.5. The Morgan fingerprint density at radius 2 is 1.61 bits per heavy atom. The van der Waals surface area contributed by atoms with E-state index in [4.69, 9.17) is 18.6 Å². The minimum absolute atomic E-state index is 0.130. The van der Waals surface area contributed by atoms with Gasteiger partial charge in [-0.25, -0.2) is 4.79 Å². The third kappa shape index (κ3) is 3.35. The molecule has 1 aliphatic heterocycles. The van der Waals surface area contributed by atoms with Crippen LogP contribution in [0.4, 0.5) is 0 Å². The summed E-state index contributed by atoms with van der Waals surface area (Å²) in [5, 5.41) is 45.0. The van der Waals surface area contributed by atoms with E-state index in [0.29, 0.717) is 33.2 Å². The Morgan fingerprint density at radius 3 is 2.28 bits per heavy atom. The number of hydrogen-bond acceptors (Lipinski definition) is 9. The molecule has 9 nitrogen and oxygen atoms in total. The summed E-state index contributed by atoms with van der Waals surface area (Å²) in [6.45, 7) is 4.75. The van der Waals surface area contributed by atoms with Gasteiger partial charge in [-0.1, -0.05) is 6.07 Å². The van der Waals surface area contributed by atoms with E-state index < -0.39 is 35.6 Å². The van der Waals surface area contributed by atoms with Crippen LogP contribution in [0.3, 0.4) is 0 Å². The van der Waals surface area contributed by atoms with Crippen molar-refractivity contribution < 1.29 is 39.1 Å². The van der Waals surface area contributed by atoms with Crippen LogP contribution in [-0.2, 0) is 4.74 Å². The molecule has 4 aromatic rings. The number of aromatic hydroxyl groups is 1. The van der Waals surface area contributed by atoms with Crippen LogP contribution in [0.1, 0.15) is 31.1 Å². The highest BCUT2D eigenvalue weighted by atomic mass is 16.5. The Bertz CT molecular complexity index is 1570. The quantitative estimate of drug-likeness (QED) is 0.249. The number of aryl methyl sites for hydroxylation is 1. The van der Waals surface area contributed by atoms with Crippen LogP contribution in [0.15, 0.2) is 39.5 Å². The van der Waals surface area contributed by atoms with E-state index in [0.717, 1.165) is 5.56 Å². The van der Waals surface area contributed by atoms with Crippen LogP contribution in [0.5, 0.6) is 17.2 Å². The van der Waals surface area contributed by atoms with E-state index in [2.05, 4.69) is 0 Å². The minimum Gasteiger partial charge on any atom is -0.507 e. The maximum absolute atomic E-state index is 13.2. The predicted molar refractivity (Wildman–Crippen MR) is 133 cm³/mol. The smallest absolute Gasteiger partial charge is 0.344 e. The van der Waals surface area contributed by atoms with Gasteiger partial charge < -0.3 is 39.1 Å². The summed E-state index contributed by atoms with van der Waals surface area (Å²) in [7, 11) is 2.95. The van der Waals surface area contributed by atoms with Crippen LogP contribution in [-0.4, -0.2) is 58.6 Å². The molecule has 9 heteroatoms. The van der Waals surface area contributed by atoms with E-state index in [1.807, 2.05) is 6.92 Å². The summed E-state index contributed by atoms with van der Waals surface area (Å²) in [5.41, 5.74) is -1.22. The van der Waals surface area contributed by atoms with Gasteiger partial charge in [-0.05, 0) is 56.2 Å². The number of rotatable bonds is 3. The molecule has 0 bridgehead atoms. The fraction of sp³-hybridized carbons (Fsp3) is 0.370. The van der Waals surface area contributed by atoms with Crippen LogP contribution in [0.25, 0.3) is 32.5 Å². The number of aliphatic hydroxyl groups excluding tert-OH is 2. The summed E-state index contributed by atoms with van der Waals surface area (Å²) in [5.74, 6) is 0.607. The van der Waals surface area contributed by atoms with Crippen LogP contribution >= 0.6 is 0 Å². The normalized spacial score (nSPS) is 26.6. The van der Waals surface area contributed by atoms with Crippen LogP contribution in [0, 0.1) is 6.92 Å². The van der Waals surface area contributed by atoms with Gasteiger partial charge in [0.2, 0.25) is 0 Å². The van der Waals surface area contributed by atoms with Crippen LogP contribution in [0.2, 0.25) is 0 Å². The summed E-state index contributed by atoms with van der Waals surface area (Å²) in [6, 6.07) is 8.11. The number of fused-ring (bicyclic) bond motifs is 5. The lowest BCUT2D eigenvalue weighted by molar-refractivity contribution is -0.261. The van der Waals surface area contributed by atoms with Gasteiger partial charge in [0.1, 0.15) is 46.7 Å². The average molecular weight is 497 g/mol. The van der Waals surface area contributed by atoms with Crippen molar-refractivity contribution in [3.63, 3.8) is 0 Å². The molecule has 1 unspecified atom stereocenters. The molecule has 190 valence electrons. The van der Waals surface area contributed by atoms with E-state index in [1.165, 1.54) is 33.3 Å².